The van der Waals surface area contributed by atoms with E-state index in [1.54, 1.807) is 6.07 Å². The molecule has 28 heavy (non-hydrogen) atoms. The van der Waals surface area contributed by atoms with Crippen LogP contribution in [0.15, 0.2) is 44.3 Å². The van der Waals surface area contributed by atoms with Crippen LogP contribution in [0, 0.1) is 6.92 Å². The summed E-state index contributed by atoms with van der Waals surface area (Å²) in [4.78, 5) is 12.1. The first-order valence-electron chi connectivity index (χ1n) is 9.45. The van der Waals surface area contributed by atoms with Gasteiger partial charge >= 0.3 is 0 Å². The fourth-order valence-corrected chi connectivity index (χ4v) is 4.69. The van der Waals surface area contributed by atoms with Crippen LogP contribution in [0.25, 0.3) is 0 Å². The zero-order valence-corrected chi connectivity index (χ0v) is 19.7. The van der Waals surface area contributed by atoms with Crippen molar-refractivity contribution in [2.75, 3.05) is 6.26 Å². The van der Waals surface area contributed by atoms with Gasteiger partial charge in [-0.15, -0.1) is 11.3 Å². The molecule has 0 fully saturated rings. The van der Waals surface area contributed by atoms with Gasteiger partial charge in [-0.3, -0.25) is 4.99 Å². The number of thiophene rings is 1. The number of nitrogens with zero attached hydrogens (tertiary/aromatic N) is 3. The van der Waals surface area contributed by atoms with E-state index in [1.807, 2.05) is 34.0 Å². The third kappa shape index (κ3) is 7.36. The Morgan fingerprint density at radius 1 is 1.29 bits per heavy atom. The molecule has 0 amide bonds. The maximum atomic E-state index is 11.7. The van der Waals surface area contributed by atoms with Crippen molar-refractivity contribution in [2.24, 2.45) is 9.98 Å². The molecule has 0 atom stereocenters. The van der Waals surface area contributed by atoms with Gasteiger partial charge in [0.15, 0.2) is 9.84 Å². The normalized spacial score (nSPS) is 13.6. The van der Waals surface area contributed by atoms with Gasteiger partial charge in [-0.05, 0) is 57.7 Å². The van der Waals surface area contributed by atoms with Crippen LogP contribution in [-0.2, 0) is 16.4 Å². The molecule has 0 radical (unpaired) electrons. The Labute approximate surface area is 174 Å². The van der Waals surface area contributed by atoms with Gasteiger partial charge in [-0.2, -0.15) is 0 Å². The molecular formula is C21H33N3O2S2. The predicted octanol–water partition coefficient (Wildman–Crippen LogP) is 5.38. The molecule has 0 unspecified atom stereocenters. The minimum Gasteiger partial charge on any atom is -0.336 e. The smallest absolute Gasteiger partial charge is 0.184 e. The molecule has 5 nitrogen and oxygen atoms in total. The quantitative estimate of drug-likeness (QED) is 0.375. The van der Waals surface area contributed by atoms with Crippen LogP contribution < -0.4 is 0 Å². The van der Waals surface area contributed by atoms with Crippen LogP contribution >= 0.6 is 11.3 Å². The van der Waals surface area contributed by atoms with E-state index in [-0.39, 0.29) is 0 Å². The van der Waals surface area contributed by atoms with E-state index in [0.29, 0.717) is 16.8 Å². The molecule has 1 aromatic rings. The van der Waals surface area contributed by atoms with Crippen molar-refractivity contribution in [3.63, 3.8) is 0 Å². The van der Waals surface area contributed by atoms with E-state index in [4.69, 9.17) is 0 Å². The summed E-state index contributed by atoms with van der Waals surface area (Å²) in [5, 5.41) is 0. The summed E-state index contributed by atoms with van der Waals surface area (Å²) in [6, 6.07) is 2.09. The van der Waals surface area contributed by atoms with E-state index >= 15 is 0 Å². The van der Waals surface area contributed by atoms with Gasteiger partial charge in [-0.25, -0.2) is 13.4 Å². The lowest BCUT2D eigenvalue weighted by atomic mass is 10.1. The van der Waals surface area contributed by atoms with E-state index < -0.39 is 9.84 Å². The predicted molar refractivity (Wildman–Crippen MR) is 122 cm³/mol. The highest BCUT2D eigenvalue weighted by molar-refractivity contribution is 7.92. The fraction of sp³-hybridized carbons (Fsp3) is 0.524. The molecule has 0 aromatic carbocycles. The van der Waals surface area contributed by atoms with E-state index in [1.165, 1.54) is 17.6 Å². The Morgan fingerprint density at radius 3 is 2.36 bits per heavy atom. The lowest BCUT2D eigenvalue weighted by Gasteiger charge is -2.25. The van der Waals surface area contributed by atoms with Crippen molar-refractivity contribution in [3.05, 3.63) is 40.6 Å². The maximum absolute atomic E-state index is 11.7. The molecule has 156 valence electrons. The number of rotatable bonds is 10. The van der Waals surface area contributed by atoms with E-state index in [0.717, 1.165) is 40.3 Å². The number of sulfone groups is 1. The van der Waals surface area contributed by atoms with Gasteiger partial charge in [0.05, 0.1) is 12.9 Å². The van der Waals surface area contributed by atoms with E-state index in [9.17, 15) is 8.42 Å². The van der Waals surface area contributed by atoms with Crippen LogP contribution in [0.2, 0.25) is 0 Å². The summed E-state index contributed by atoms with van der Waals surface area (Å²) in [6.45, 7) is 16.5. The van der Waals surface area contributed by atoms with Gasteiger partial charge in [0.2, 0.25) is 0 Å². The van der Waals surface area contributed by atoms with Crippen molar-refractivity contribution in [1.29, 1.82) is 0 Å². The standard InChI is InChI=1S/C21H33N3O2S2/c1-9-19(10-2)24(14-23-15(3)4)13-17(6)18(7)22-12-20-16(5)11-21(27-20)28(8,25)26/h11,13-14,19H,3,9-10,12H2,1-2,4-8H3/b17-13-,22-18?,23-14?. The lowest BCUT2D eigenvalue weighted by Crippen LogP contribution is -2.29. The highest BCUT2D eigenvalue weighted by atomic mass is 32.2. The molecule has 0 saturated heterocycles. The summed E-state index contributed by atoms with van der Waals surface area (Å²) in [5.74, 6) is 0. The van der Waals surface area contributed by atoms with Crippen LogP contribution in [0.3, 0.4) is 0 Å². The second-order valence-electron chi connectivity index (χ2n) is 7.05. The molecule has 1 heterocycles. The minimum atomic E-state index is -3.17. The molecule has 0 bridgehead atoms. The summed E-state index contributed by atoms with van der Waals surface area (Å²) in [6.07, 6.45) is 7.18. The number of hydrogen-bond acceptors (Lipinski definition) is 5. The van der Waals surface area contributed by atoms with Crippen molar-refractivity contribution in [2.45, 2.75) is 71.2 Å². The average Bonchev–Trinajstić information content (AvgIpc) is 2.99. The molecule has 7 heteroatoms. The summed E-state index contributed by atoms with van der Waals surface area (Å²) in [7, 11) is -3.17. The number of hydrogen-bond donors (Lipinski definition) is 0. The number of aliphatic imine (C=N–C) groups is 2. The highest BCUT2D eigenvalue weighted by Gasteiger charge is 2.14. The highest BCUT2D eigenvalue weighted by Crippen LogP contribution is 2.26. The van der Waals surface area contributed by atoms with Gasteiger partial charge in [0.1, 0.15) is 4.21 Å². The molecular weight excluding hydrogens is 390 g/mol. The first kappa shape index (κ1) is 24.3. The van der Waals surface area contributed by atoms with Crippen LogP contribution in [0.5, 0.6) is 0 Å². The fourth-order valence-electron chi connectivity index (χ4n) is 2.57. The minimum absolute atomic E-state index is 0.364. The van der Waals surface area contributed by atoms with Crippen molar-refractivity contribution >= 4 is 33.2 Å². The van der Waals surface area contributed by atoms with Gasteiger partial charge in [-0.1, -0.05) is 20.4 Å². The molecule has 0 aliphatic carbocycles. The average molecular weight is 424 g/mol. The second-order valence-corrected chi connectivity index (χ2v) is 10.4. The molecule has 0 N–H and O–H groups in total. The number of aryl methyl sites for hydroxylation is 1. The van der Waals surface area contributed by atoms with Gasteiger partial charge in [0, 0.05) is 34.8 Å². The van der Waals surface area contributed by atoms with Crippen molar-refractivity contribution < 1.29 is 8.42 Å². The zero-order valence-electron chi connectivity index (χ0n) is 18.1. The molecule has 0 saturated carbocycles. The van der Waals surface area contributed by atoms with Gasteiger partial charge < -0.3 is 4.90 Å². The van der Waals surface area contributed by atoms with Crippen LogP contribution in [-0.4, -0.2) is 37.7 Å². The maximum Gasteiger partial charge on any atom is 0.184 e. The topological polar surface area (TPSA) is 62.1 Å². The molecule has 0 spiro atoms. The summed E-state index contributed by atoms with van der Waals surface area (Å²) in [5.41, 5.74) is 3.71. The summed E-state index contributed by atoms with van der Waals surface area (Å²) >= 11 is 1.30. The largest absolute Gasteiger partial charge is 0.336 e. The third-order valence-electron chi connectivity index (χ3n) is 4.51. The second kappa shape index (κ2) is 10.7. The van der Waals surface area contributed by atoms with Crippen molar-refractivity contribution in [3.8, 4) is 0 Å². The SMILES string of the molecule is C=C(C)N=CN(/C=C(/C)C(C)=NCc1sc(S(C)(=O)=O)cc1C)C(CC)CC. The molecule has 0 aliphatic rings. The van der Waals surface area contributed by atoms with Crippen LogP contribution in [0.4, 0.5) is 0 Å². The van der Waals surface area contributed by atoms with E-state index in [2.05, 4.69) is 41.5 Å². The Kier molecular flexibility index (Phi) is 9.30. The molecule has 0 aliphatic heterocycles. The lowest BCUT2D eigenvalue weighted by molar-refractivity contribution is 0.384. The molecule has 1 rings (SSSR count). The monoisotopic (exact) mass is 423 g/mol. The zero-order chi connectivity index (χ0) is 21.5. The van der Waals surface area contributed by atoms with Crippen LogP contribution in [0.1, 0.15) is 57.9 Å². The van der Waals surface area contributed by atoms with Crippen molar-refractivity contribution in [1.82, 2.24) is 4.90 Å². The summed E-state index contributed by atoms with van der Waals surface area (Å²) < 4.78 is 23.9. The third-order valence-corrected chi connectivity index (χ3v) is 7.54. The molecule has 1 aromatic heterocycles. The first-order valence-corrected chi connectivity index (χ1v) is 12.2. The van der Waals surface area contributed by atoms with Gasteiger partial charge in [0.25, 0.3) is 0 Å². The Hall–Kier alpha value is -1.73. The Bertz CT molecular complexity index is 873. The Morgan fingerprint density at radius 2 is 1.89 bits per heavy atom. The first-order chi connectivity index (χ1) is 13.0. The number of allylic oxidation sites excluding steroid dienone is 2. The Balaban J connectivity index is 3.06.